The minimum absolute atomic E-state index is 0.375. The second kappa shape index (κ2) is 12.0. The highest BCUT2D eigenvalue weighted by atomic mass is 19.1. The highest BCUT2D eigenvalue weighted by Gasteiger charge is 2.18. The van der Waals surface area contributed by atoms with E-state index in [1.54, 1.807) is 11.8 Å². The molecule has 1 N–H and O–H groups in total. The Bertz CT molecular complexity index is 1960. The Morgan fingerprint density at radius 3 is 2.44 bits per heavy atom. The fraction of sp³-hybridized carbons (Fsp3) is 0.235. The minimum atomic E-state index is -0.375. The molecule has 10 nitrogen and oxygen atoms in total. The zero-order valence-electron chi connectivity index (χ0n) is 25.4. The number of hydrogen-bond acceptors (Lipinski definition) is 8. The molecule has 11 heteroatoms. The van der Waals surface area contributed by atoms with E-state index in [1.807, 2.05) is 73.3 Å². The van der Waals surface area contributed by atoms with Gasteiger partial charge in [0.2, 0.25) is 5.95 Å². The molecule has 45 heavy (non-hydrogen) atoms. The molecular weight excluding hydrogens is 571 g/mol. The van der Waals surface area contributed by atoms with E-state index in [0.29, 0.717) is 50.3 Å². The van der Waals surface area contributed by atoms with Gasteiger partial charge in [-0.2, -0.15) is 15.2 Å². The molecule has 4 heterocycles. The van der Waals surface area contributed by atoms with Crippen molar-refractivity contribution in [3.8, 4) is 28.3 Å². The maximum atomic E-state index is 15.0. The summed E-state index contributed by atoms with van der Waals surface area (Å²) in [6.45, 7) is 5.13. The number of halogens is 1. The smallest absolute Gasteiger partial charge is 0.228 e. The highest BCUT2D eigenvalue weighted by molar-refractivity contribution is 5.86. The van der Waals surface area contributed by atoms with E-state index in [-0.39, 0.29) is 5.82 Å². The Morgan fingerprint density at radius 2 is 1.69 bits per heavy atom. The van der Waals surface area contributed by atoms with Crippen LogP contribution in [0.1, 0.15) is 11.3 Å². The summed E-state index contributed by atoms with van der Waals surface area (Å²) in [5.41, 5.74) is 6.77. The predicted octanol–water partition coefficient (Wildman–Crippen LogP) is 5.98. The fourth-order valence-electron chi connectivity index (χ4n) is 5.68. The van der Waals surface area contributed by atoms with E-state index in [9.17, 15) is 4.39 Å². The van der Waals surface area contributed by atoms with E-state index in [4.69, 9.17) is 19.4 Å². The summed E-state index contributed by atoms with van der Waals surface area (Å²) >= 11 is 0. The summed E-state index contributed by atoms with van der Waals surface area (Å²) < 4.78 is 29.3. The standard InChI is InChI=1S/C34H33FN8O2/c1-22-28-13-8-25(18-31(28)41(2)40-22)30-19-32(39-34(38-30)42-14-16-45-17-15-42)37-26-9-6-24(7-10-26)33-29(35)20-36-43(33)21-23-4-11-27(44-3)12-5-23/h4-13,18-20H,14-17,21H2,1-3H3,(H,37,38,39). The van der Waals surface area contributed by atoms with Crippen LogP contribution in [0.5, 0.6) is 5.75 Å². The van der Waals surface area contributed by atoms with Crippen LogP contribution >= 0.6 is 0 Å². The number of benzene rings is 3. The van der Waals surface area contributed by atoms with Crippen LogP contribution in [0.4, 0.5) is 21.8 Å². The van der Waals surface area contributed by atoms with E-state index < -0.39 is 0 Å². The third kappa shape index (κ3) is 5.82. The molecule has 3 aromatic carbocycles. The normalized spacial score (nSPS) is 13.4. The SMILES string of the molecule is COc1ccc(Cn2ncc(F)c2-c2ccc(Nc3cc(-c4ccc5c(C)nn(C)c5c4)nc(N4CCOCC4)n3)cc2)cc1. The second-order valence-electron chi connectivity index (χ2n) is 11.0. The molecule has 7 rings (SSSR count). The summed E-state index contributed by atoms with van der Waals surface area (Å²) in [5, 5.41) is 13.4. The first-order chi connectivity index (χ1) is 21.9. The van der Waals surface area contributed by atoms with Gasteiger partial charge in [0.05, 0.1) is 50.0 Å². The van der Waals surface area contributed by atoms with Crippen molar-refractivity contribution in [2.45, 2.75) is 13.5 Å². The third-order valence-electron chi connectivity index (χ3n) is 8.06. The molecule has 0 bridgehead atoms. The second-order valence-corrected chi connectivity index (χ2v) is 11.0. The Hall–Kier alpha value is -5.29. The predicted molar refractivity (Wildman–Crippen MR) is 173 cm³/mol. The average Bonchev–Trinajstić information content (AvgIpc) is 3.58. The number of anilines is 3. The van der Waals surface area contributed by atoms with E-state index in [2.05, 4.69) is 38.6 Å². The molecule has 0 saturated carbocycles. The van der Waals surface area contributed by atoms with Crippen LogP contribution < -0.4 is 15.0 Å². The molecule has 0 radical (unpaired) electrons. The van der Waals surface area contributed by atoms with Crippen LogP contribution in [0.2, 0.25) is 0 Å². The lowest BCUT2D eigenvalue weighted by Crippen LogP contribution is -2.37. The van der Waals surface area contributed by atoms with Crippen molar-refractivity contribution >= 4 is 28.4 Å². The first kappa shape index (κ1) is 28.5. The monoisotopic (exact) mass is 604 g/mol. The lowest BCUT2D eigenvalue weighted by atomic mass is 10.1. The molecule has 228 valence electrons. The third-order valence-corrected chi connectivity index (χ3v) is 8.06. The average molecular weight is 605 g/mol. The van der Waals surface area contributed by atoms with Crippen LogP contribution in [0.3, 0.4) is 0 Å². The Kier molecular flexibility index (Phi) is 7.60. The van der Waals surface area contributed by atoms with Gasteiger partial charge in [-0.25, -0.2) is 9.37 Å². The molecular formula is C34H33FN8O2. The van der Waals surface area contributed by atoms with Crippen molar-refractivity contribution in [2.24, 2.45) is 7.05 Å². The number of nitrogens with zero attached hydrogens (tertiary/aromatic N) is 7. The summed E-state index contributed by atoms with van der Waals surface area (Å²) in [4.78, 5) is 12.0. The molecule has 1 fully saturated rings. The number of ether oxygens (including phenoxy) is 2. The number of hydrogen-bond donors (Lipinski definition) is 1. The molecule has 0 unspecified atom stereocenters. The molecule has 0 spiro atoms. The number of morpholine rings is 1. The summed E-state index contributed by atoms with van der Waals surface area (Å²) in [6, 6.07) is 23.5. The van der Waals surface area contributed by atoms with Gasteiger partial charge in [0.1, 0.15) is 17.3 Å². The van der Waals surface area contributed by atoms with E-state index >= 15 is 0 Å². The van der Waals surface area contributed by atoms with E-state index in [1.165, 1.54) is 6.20 Å². The number of fused-ring (bicyclic) bond motifs is 1. The molecule has 6 aromatic rings. The molecule has 0 amide bonds. The maximum Gasteiger partial charge on any atom is 0.228 e. The van der Waals surface area contributed by atoms with Crippen LogP contribution in [-0.2, 0) is 18.3 Å². The zero-order valence-corrected chi connectivity index (χ0v) is 25.4. The van der Waals surface area contributed by atoms with Crippen LogP contribution in [-0.4, -0.2) is 62.9 Å². The van der Waals surface area contributed by atoms with Crippen LogP contribution in [0, 0.1) is 12.7 Å². The van der Waals surface area contributed by atoms with Gasteiger partial charge in [-0.1, -0.05) is 36.4 Å². The quantitative estimate of drug-likeness (QED) is 0.227. The zero-order chi connectivity index (χ0) is 30.9. The van der Waals surface area contributed by atoms with Crippen molar-refractivity contribution < 1.29 is 13.9 Å². The maximum absolute atomic E-state index is 15.0. The van der Waals surface area contributed by atoms with Crippen LogP contribution in [0.25, 0.3) is 33.4 Å². The van der Waals surface area contributed by atoms with Crippen molar-refractivity contribution in [1.29, 1.82) is 0 Å². The van der Waals surface area contributed by atoms with Gasteiger partial charge in [-0.15, -0.1) is 0 Å². The van der Waals surface area contributed by atoms with Gasteiger partial charge in [-0.3, -0.25) is 9.36 Å². The summed E-state index contributed by atoms with van der Waals surface area (Å²) in [5.74, 6) is 1.69. The van der Waals surface area contributed by atoms with Gasteiger partial charge in [0.25, 0.3) is 0 Å². The van der Waals surface area contributed by atoms with Crippen molar-refractivity contribution in [3.05, 3.63) is 96.1 Å². The number of aromatic nitrogens is 6. The van der Waals surface area contributed by atoms with Crippen molar-refractivity contribution in [1.82, 2.24) is 29.5 Å². The lowest BCUT2D eigenvalue weighted by molar-refractivity contribution is 0.122. The van der Waals surface area contributed by atoms with E-state index in [0.717, 1.165) is 50.4 Å². The minimum Gasteiger partial charge on any atom is -0.497 e. The number of aryl methyl sites for hydroxylation is 2. The Balaban J connectivity index is 1.18. The topological polar surface area (TPSA) is 95.1 Å². The van der Waals surface area contributed by atoms with Crippen LogP contribution in [0.15, 0.2) is 79.0 Å². The summed E-state index contributed by atoms with van der Waals surface area (Å²) in [6.07, 6.45) is 1.25. The number of methoxy groups -OCH3 is 1. The molecule has 3 aromatic heterocycles. The van der Waals surface area contributed by atoms with Gasteiger partial charge in [0, 0.05) is 48.4 Å². The highest BCUT2D eigenvalue weighted by Crippen LogP contribution is 2.30. The fourth-order valence-corrected chi connectivity index (χ4v) is 5.68. The lowest BCUT2D eigenvalue weighted by Gasteiger charge is -2.27. The molecule has 1 saturated heterocycles. The molecule has 1 aliphatic rings. The Morgan fingerprint density at radius 1 is 0.933 bits per heavy atom. The van der Waals surface area contributed by atoms with Crippen molar-refractivity contribution in [2.75, 3.05) is 43.6 Å². The van der Waals surface area contributed by atoms with Gasteiger partial charge >= 0.3 is 0 Å². The number of nitrogens with one attached hydrogen (secondary N) is 1. The Labute approximate surface area is 260 Å². The first-order valence-electron chi connectivity index (χ1n) is 14.8. The first-order valence-corrected chi connectivity index (χ1v) is 14.8. The van der Waals surface area contributed by atoms with Gasteiger partial charge < -0.3 is 19.7 Å². The molecule has 0 aliphatic carbocycles. The largest absolute Gasteiger partial charge is 0.497 e. The van der Waals surface area contributed by atoms with Gasteiger partial charge in [0.15, 0.2) is 5.82 Å². The molecule has 1 aliphatic heterocycles. The molecule has 0 atom stereocenters. The van der Waals surface area contributed by atoms with Crippen molar-refractivity contribution in [3.63, 3.8) is 0 Å². The number of rotatable bonds is 8. The van der Waals surface area contributed by atoms with Gasteiger partial charge in [-0.05, 0) is 42.8 Å². The summed E-state index contributed by atoms with van der Waals surface area (Å²) in [7, 11) is 3.58.